The fourth-order valence-electron chi connectivity index (χ4n) is 5.64. The fraction of sp³-hybridized carbons (Fsp3) is 0.207. The highest BCUT2D eigenvalue weighted by molar-refractivity contribution is 9.10. The van der Waals surface area contributed by atoms with Gasteiger partial charge in [0, 0.05) is 20.8 Å². The number of carbonyl (C=O) groups excluding carboxylic acids is 2. The van der Waals surface area contributed by atoms with E-state index in [1.165, 1.54) is 0 Å². The lowest BCUT2D eigenvalue weighted by atomic mass is 9.54. The van der Waals surface area contributed by atoms with Gasteiger partial charge in [-0.2, -0.15) is 10.1 Å². The summed E-state index contributed by atoms with van der Waals surface area (Å²) in [5, 5.41) is 6.47. The average molecular weight is 592 g/mol. The van der Waals surface area contributed by atoms with E-state index in [-0.39, 0.29) is 11.8 Å². The third-order valence-electron chi connectivity index (χ3n) is 7.12. The Morgan fingerprint density at radius 2 is 1.54 bits per heavy atom. The van der Waals surface area contributed by atoms with Crippen molar-refractivity contribution < 1.29 is 9.59 Å². The molecule has 1 aliphatic heterocycles. The second-order valence-corrected chi connectivity index (χ2v) is 10.7. The van der Waals surface area contributed by atoms with E-state index >= 15 is 0 Å². The number of allylic oxidation sites excluding steroid dienone is 2. The van der Waals surface area contributed by atoms with Gasteiger partial charge in [0.2, 0.25) is 0 Å². The van der Waals surface area contributed by atoms with Crippen LogP contribution in [0.25, 0.3) is 0 Å². The number of amides is 1. The lowest BCUT2D eigenvalue weighted by molar-refractivity contribution is -0.125. The number of aldehydes is 1. The van der Waals surface area contributed by atoms with Gasteiger partial charge in [0.25, 0.3) is 5.91 Å². The standard InChI is InChI=1S/C29H24Br2N2O2/c1-2-26-29(28(35)33(32-26)24-6-4-3-5-7-24)25(19-8-13-22(30)14-9-19)17-12-21(18-34)27(29)20-10-15-23(31)16-11-20/h3-16,18,25,27H,2,17H2,1H3/t25-,27+,29-/m0/s1. The van der Waals surface area contributed by atoms with Gasteiger partial charge in [0.05, 0.1) is 11.4 Å². The minimum absolute atomic E-state index is 0.0890. The van der Waals surface area contributed by atoms with Crippen LogP contribution in [-0.4, -0.2) is 17.9 Å². The number of halogens is 2. The molecule has 176 valence electrons. The van der Waals surface area contributed by atoms with Crippen LogP contribution in [0.4, 0.5) is 5.69 Å². The molecule has 3 atom stereocenters. The van der Waals surface area contributed by atoms with Gasteiger partial charge in [-0.05, 0) is 65.9 Å². The molecular formula is C29H24Br2N2O2. The minimum Gasteiger partial charge on any atom is -0.298 e. The monoisotopic (exact) mass is 590 g/mol. The summed E-state index contributed by atoms with van der Waals surface area (Å²) in [4.78, 5) is 27.1. The molecule has 0 saturated heterocycles. The van der Waals surface area contributed by atoms with Gasteiger partial charge in [0.15, 0.2) is 0 Å². The number of para-hydroxylation sites is 1. The first-order valence-electron chi connectivity index (χ1n) is 11.6. The summed E-state index contributed by atoms with van der Waals surface area (Å²) in [6.07, 6.45) is 4.10. The van der Waals surface area contributed by atoms with E-state index < -0.39 is 11.3 Å². The highest BCUT2D eigenvalue weighted by atomic mass is 79.9. The van der Waals surface area contributed by atoms with Crippen molar-refractivity contribution in [2.24, 2.45) is 10.5 Å². The highest BCUT2D eigenvalue weighted by Crippen LogP contribution is 2.59. The smallest absolute Gasteiger partial charge is 0.260 e. The topological polar surface area (TPSA) is 49.7 Å². The number of anilines is 1. The van der Waals surface area contributed by atoms with Crippen molar-refractivity contribution >= 4 is 55.5 Å². The number of benzene rings is 3. The van der Waals surface area contributed by atoms with E-state index in [0.717, 1.165) is 37.8 Å². The summed E-state index contributed by atoms with van der Waals surface area (Å²) in [6, 6.07) is 25.6. The molecular weight excluding hydrogens is 568 g/mol. The first kappa shape index (κ1) is 23.9. The van der Waals surface area contributed by atoms with Gasteiger partial charge in [-0.1, -0.05) is 87.3 Å². The van der Waals surface area contributed by atoms with Crippen molar-refractivity contribution in [3.8, 4) is 0 Å². The van der Waals surface area contributed by atoms with Crippen LogP contribution in [0.5, 0.6) is 0 Å². The number of carbonyl (C=O) groups is 2. The van der Waals surface area contributed by atoms with Crippen LogP contribution in [0.2, 0.25) is 0 Å². The molecule has 0 saturated carbocycles. The molecule has 1 amide bonds. The van der Waals surface area contributed by atoms with Crippen molar-refractivity contribution in [2.75, 3.05) is 5.01 Å². The second-order valence-electron chi connectivity index (χ2n) is 8.87. The normalized spacial score (nSPS) is 23.9. The predicted molar refractivity (Wildman–Crippen MR) is 147 cm³/mol. The lowest BCUT2D eigenvalue weighted by Crippen LogP contribution is -2.51. The average Bonchev–Trinajstić information content (AvgIpc) is 3.17. The van der Waals surface area contributed by atoms with Crippen molar-refractivity contribution in [3.05, 3.63) is 111 Å². The minimum atomic E-state index is -1.02. The molecule has 0 bridgehead atoms. The van der Waals surface area contributed by atoms with Crippen LogP contribution < -0.4 is 5.01 Å². The summed E-state index contributed by atoms with van der Waals surface area (Å²) < 4.78 is 1.92. The van der Waals surface area contributed by atoms with Crippen molar-refractivity contribution in [1.82, 2.24) is 0 Å². The highest BCUT2D eigenvalue weighted by Gasteiger charge is 2.62. The third-order valence-corrected chi connectivity index (χ3v) is 8.18. The maximum atomic E-state index is 14.7. The van der Waals surface area contributed by atoms with Crippen LogP contribution in [-0.2, 0) is 9.59 Å². The van der Waals surface area contributed by atoms with Gasteiger partial charge >= 0.3 is 0 Å². The van der Waals surface area contributed by atoms with Gasteiger partial charge in [-0.25, -0.2) is 0 Å². The first-order valence-corrected chi connectivity index (χ1v) is 13.2. The van der Waals surface area contributed by atoms with Gasteiger partial charge in [-0.3, -0.25) is 9.59 Å². The molecule has 1 spiro atoms. The van der Waals surface area contributed by atoms with E-state index in [0.29, 0.717) is 18.4 Å². The molecule has 0 aromatic heterocycles. The summed E-state index contributed by atoms with van der Waals surface area (Å²) in [6.45, 7) is 2.04. The molecule has 0 radical (unpaired) electrons. The zero-order valence-corrected chi connectivity index (χ0v) is 22.4. The Morgan fingerprint density at radius 1 is 0.943 bits per heavy atom. The zero-order valence-electron chi connectivity index (χ0n) is 19.2. The number of hydrazone groups is 1. The number of nitrogens with zero attached hydrogens (tertiary/aromatic N) is 2. The van der Waals surface area contributed by atoms with Crippen LogP contribution >= 0.6 is 31.9 Å². The maximum absolute atomic E-state index is 14.7. The van der Waals surface area contributed by atoms with Gasteiger partial charge in [-0.15, -0.1) is 0 Å². The molecule has 5 rings (SSSR count). The Morgan fingerprint density at radius 3 is 2.11 bits per heavy atom. The molecule has 1 aliphatic carbocycles. The number of rotatable bonds is 5. The summed E-state index contributed by atoms with van der Waals surface area (Å²) in [5.74, 6) is -0.711. The molecule has 3 aromatic carbocycles. The Bertz CT molecular complexity index is 1320. The molecule has 35 heavy (non-hydrogen) atoms. The van der Waals surface area contributed by atoms with Gasteiger partial charge < -0.3 is 0 Å². The maximum Gasteiger partial charge on any atom is 0.260 e. The zero-order chi connectivity index (χ0) is 24.6. The molecule has 1 heterocycles. The van der Waals surface area contributed by atoms with E-state index in [4.69, 9.17) is 5.10 Å². The van der Waals surface area contributed by atoms with E-state index in [1.807, 2.05) is 79.7 Å². The number of hydrogen-bond acceptors (Lipinski definition) is 3. The Hall–Kier alpha value is -2.83. The first-order chi connectivity index (χ1) is 17.0. The quantitative estimate of drug-likeness (QED) is 0.290. The predicted octanol–water partition coefficient (Wildman–Crippen LogP) is 7.41. The molecule has 2 aliphatic rings. The number of hydrogen-bond donors (Lipinski definition) is 0. The molecule has 0 unspecified atom stereocenters. The van der Waals surface area contributed by atoms with Crippen LogP contribution in [0.15, 0.2) is 105 Å². The van der Waals surface area contributed by atoms with Crippen LogP contribution in [0, 0.1) is 5.41 Å². The van der Waals surface area contributed by atoms with E-state index in [9.17, 15) is 9.59 Å². The van der Waals surface area contributed by atoms with Crippen LogP contribution in [0.1, 0.15) is 42.7 Å². The summed E-state index contributed by atoms with van der Waals surface area (Å²) in [7, 11) is 0. The molecule has 3 aromatic rings. The summed E-state index contributed by atoms with van der Waals surface area (Å²) in [5.41, 5.74) is 3.13. The van der Waals surface area contributed by atoms with Gasteiger partial charge in [0.1, 0.15) is 11.7 Å². The van der Waals surface area contributed by atoms with Crippen molar-refractivity contribution in [2.45, 2.75) is 31.6 Å². The third kappa shape index (κ3) is 3.93. The summed E-state index contributed by atoms with van der Waals surface area (Å²) >= 11 is 7.06. The molecule has 6 heteroatoms. The lowest BCUT2D eigenvalue weighted by Gasteiger charge is -2.46. The Labute approximate surface area is 222 Å². The van der Waals surface area contributed by atoms with Crippen molar-refractivity contribution in [3.63, 3.8) is 0 Å². The van der Waals surface area contributed by atoms with E-state index in [1.54, 1.807) is 5.01 Å². The van der Waals surface area contributed by atoms with E-state index in [2.05, 4.69) is 44.0 Å². The molecule has 0 N–H and O–H groups in total. The SMILES string of the molecule is CCC1=NN(c2ccccc2)C(=O)[C@@]12[C@H](c1ccc(Br)cc1)CC=C(C=O)[C@H]2c1ccc(Br)cc1. The fourth-order valence-corrected chi connectivity index (χ4v) is 6.17. The second kappa shape index (κ2) is 9.67. The molecule has 0 fully saturated rings. The Balaban J connectivity index is 1.79. The van der Waals surface area contributed by atoms with Crippen LogP contribution in [0.3, 0.4) is 0 Å². The Kier molecular flexibility index (Phi) is 6.60. The largest absolute Gasteiger partial charge is 0.298 e. The van der Waals surface area contributed by atoms with Crippen molar-refractivity contribution in [1.29, 1.82) is 0 Å². The molecule has 4 nitrogen and oxygen atoms in total.